The predicted molar refractivity (Wildman–Crippen MR) is 198 cm³/mol. The van der Waals surface area contributed by atoms with Crippen LogP contribution in [-0.2, 0) is 66.1 Å². The van der Waals surface area contributed by atoms with E-state index < -0.39 is 36.7 Å². The van der Waals surface area contributed by atoms with Crippen molar-refractivity contribution in [3.63, 3.8) is 0 Å². The molecular formula is C44H43NO7. The van der Waals surface area contributed by atoms with Gasteiger partial charge in [-0.3, -0.25) is 4.79 Å². The third-order valence-corrected chi connectivity index (χ3v) is 9.10. The molecule has 0 aliphatic carbocycles. The van der Waals surface area contributed by atoms with Crippen molar-refractivity contribution in [1.29, 1.82) is 0 Å². The Morgan fingerprint density at radius 3 is 1.62 bits per heavy atom. The van der Waals surface area contributed by atoms with Crippen LogP contribution in [0.15, 0.2) is 152 Å². The average Bonchev–Trinajstić information content (AvgIpc) is 3.60. The zero-order chi connectivity index (χ0) is 35.4. The lowest BCUT2D eigenvalue weighted by atomic mass is 9.97. The van der Waals surface area contributed by atoms with Crippen LogP contribution in [0.4, 0.5) is 0 Å². The zero-order valence-electron chi connectivity index (χ0n) is 28.9. The molecule has 1 saturated heterocycles. The van der Waals surface area contributed by atoms with Crippen molar-refractivity contribution >= 4 is 16.9 Å². The molecule has 266 valence electrons. The number of carbonyl (C=O) groups is 1. The van der Waals surface area contributed by atoms with Gasteiger partial charge in [-0.2, -0.15) is 0 Å². The molecule has 1 fully saturated rings. The van der Waals surface area contributed by atoms with E-state index in [9.17, 15) is 4.79 Å². The van der Waals surface area contributed by atoms with Crippen molar-refractivity contribution in [2.24, 2.45) is 0 Å². The summed E-state index contributed by atoms with van der Waals surface area (Å²) in [7, 11) is 0. The van der Waals surface area contributed by atoms with Gasteiger partial charge in [0, 0.05) is 17.1 Å². The smallest absolute Gasteiger partial charge is 0.312 e. The number of rotatable bonds is 16. The maximum absolute atomic E-state index is 13.8. The maximum Gasteiger partial charge on any atom is 0.312 e. The first-order valence-corrected chi connectivity index (χ1v) is 17.7. The van der Waals surface area contributed by atoms with Gasteiger partial charge in [-0.25, -0.2) is 0 Å². The summed E-state index contributed by atoms with van der Waals surface area (Å²) < 4.78 is 39.2. The summed E-state index contributed by atoms with van der Waals surface area (Å²) in [6, 6.07) is 47.6. The second-order valence-corrected chi connectivity index (χ2v) is 12.9. The quantitative estimate of drug-likeness (QED) is 0.0811. The molecule has 0 radical (unpaired) electrons. The molecular weight excluding hydrogens is 655 g/mol. The van der Waals surface area contributed by atoms with Gasteiger partial charge in [0.15, 0.2) is 0 Å². The number of hydrogen-bond acceptors (Lipinski definition) is 7. The Hall–Kier alpha value is -5.09. The van der Waals surface area contributed by atoms with E-state index in [1.54, 1.807) is 0 Å². The van der Waals surface area contributed by atoms with Crippen LogP contribution in [0.3, 0.4) is 0 Å². The molecule has 0 unspecified atom stereocenters. The van der Waals surface area contributed by atoms with E-state index in [-0.39, 0.29) is 26.2 Å². The van der Waals surface area contributed by atoms with Gasteiger partial charge in [-0.05, 0) is 33.9 Å². The van der Waals surface area contributed by atoms with Gasteiger partial charge in [0.05, 0.1) is 39.5 Å². The van der Waals surface area contributed by atoms with Crippen LogP contribution in [0, 0.1) is 0 Å². The van der Waals surface area contributed by atoms with Gasteiger partial charge in [0.1, 0.15) is 24.4 Å². The Morgan fingerprint density at radius 2 is 1.04 bits per heavy atom. The highest BCUT2D eigenvalue weighted by molar-refractivity contribution is 5.87. The summed E-state index contributed by atoms with van der Waals surface area (Å²) in [5, 5.41) is 0.964. The van der Waals surface area contributed by atoms with Gasteiger partial charge in [-0.1, -0.05) is 140 Å². The number of fused-ring (bicyclic) bond motifs is 1. The van der Waals surface area contributed by atoms with Crippen LogP contribution in [0.1, 0.15) is 27.8 Å². The number of ether oxygens (including phenoxy) is 6. The summed E-state index contributed by atoms with van der Waals surface area (Å²) in [6.07, 6.45) is -2.03. The molecule has 1 aromatic heterocycles. The van der Waals surface area contributed by atoms with Gasteiger partial charge < -0.3 is 33.4 Å². The Balaban J connectivity index is 1.19. The monoisotopic (exact) mass is 698 g/mol. The third-order valence-electron chi connectivity index (χ3n) is 9.10. The molecule has 1 N–H and O–H groups in total. The molecule has 1 aliphatic rings. The Morgan fingerprint density at radius 1 is 0.558 bits per heavy atom. The molecule has 0 bridgehead atoms. The molecule has 7 rings (SSSR count). The molecule has 52 heavy (non-hydrogen) atoms. The standard InChI is InChI=1S/C44H43NO7/c46-40(25-36-26-45-38-24-14-13-23-37(36)38)52-44-43(50-30-35-21-11-4-12-22-35)42(49-29-34-19-9-3-10-20-34)41(48-28-33-17-7-2-8-18-33)39(51-44)31-47-27-32-15-5-1-6-16-32/h1-24,26,39,41-45H,25,27-31H2/t39-,41-,42+,43-,44+/m1/s1/i40+1. The third kappa shape index (κ3) is 9.41. The first-order valence-electron chi connectivity index (χ1n) is 17.7. The number of esters is 1. The first-order chi connectivity index (χ1) is 25.7. The highest BCUT2D eigenvalue weighted by atomic mass is 16.8. The maximum atomic E-state index is 13.8. The summed E-state index contributed by atoms with van der Waals surface area (Å²) in [6.45, 7) is 1.39. The summed E-state index contributed by atoms with van der Waals surface area (Å²) in [4.78, 5) is 17.0. The molecule has 0 spiro atoms. The highest BCUT2D eigenvalue weighted by Gasteiger charge is 2.50. The molecule has 6 aromatic rings. The lowest BCUT2D eigenvalue weighted by Gasteiger charge is -2.45. The SMILES string of the molecule is O=[13C](Cc1c[nH]c2ccccc12)O[C@@H]1O[C@H](COCc2ccccc2)[C@@H](OCc2ccccc2)[C@H](OCc2ccccc2)[C@H]1OCc1ccccc1. The normalized spacial score (nSPS) is 20.1. The Bertz CT molecular complexity index is 1950. The van der Waals surface area contributed by atoms with Gasteiger partial charge in [-0.15, -0.1) is 0 Å². The Labute approximate surface area is 304 Å². The summed E-state index contributed by atoms with van der Waals surface area (Å²) in [5.74, 6) is -0.447. The average molecular weight is 699 g/mol. The second kappa shape index (κ2) is 17.9. The zero-order valence-corrected chi connectivity index (χ0v) is 28.9. The van der Waals surface area contributed by atoms with Crippen molar-refractivity contribution < 1.29 is 33.2 Å². The molecule has 8 heteroatoms. The van der Waals surface area contributed by atoms with Gasteiger partial charge in [0.25, 0.3) is 0 Å². The number of benzene rings is 5. The minimum Gasteiger partial charge on any atom is -0.432 e. The van der Waals surface area contributed by atoms with E-state index >= 15 is 0 Å². The fraction of sp³-hybridized carbons (Fsp3) is 0.250. The number of aromatic amines is 1. The Kier molecular flexibility index (Phi) is 12.2. The van der Waals surface area contributed by atoms with Crippen molar-refractivity contribution in [3.05, 3.63) is 180 Å². The van der Waals surface area contributed by atoms with Crippen LogP contribution in [-0.4, -0.2) is 48.3 Å². The van der Waals surface area contributed by atoms with E-state index in [1.807, 2.05) is 152 Å². The minimum absolute atomic E-state index is 0.0495. The number of carbonyl (C=O) groups excluding carboxylic acids is 1. The van der Waals surface area contributed by atoms with Crippen LogP contribution in [0.5, 0.6) is 0 Å². The van der Waals surface area contributed by atoms with Crippen LogP contribution >= 0.6 is 0 Å². The molecule has 0 amide bonds. The van der Waals surface area contributed by atoms with E-state index in [1.165, 1.54) is 0 Å². The molecule has 5 aromatic carbocycles. The number of hydrogen-bond donors (Lipinski definition) is 1. The number of H-pyrrole nitrogens is 1. The molecule has 8 nitrogen and oxygen atoms in total. The minimum atomic E-state index is -1.11. The van der Waals surface area contributed by atoms with Crippen molar-refractivity contribution in [2.75, 3.05) is 6.61 Å². The van der Waals surface area contributed by atoms with E-state index in [0.29, 0.717) is 13.2 Å². The number of para-hydroxylation sites is 1. The topological polar surface area (TPSA) is 88.2 Å². The van der Waals surface area contributed by atoms with E-state index in [2.05, 4.69) is 4.98 Å². The molecule has 1 aliphatic heterocycles. The number of aromatic nitrogens is 1. The van der Waals surface area contributed by atoms with Crippen LogP contribution in [0.25, 0.3) is 10.9 Å². The van der Waals surface area contributed by atoms with Crippen molar-refractivity contribution in [1.82, 2.24) is 4.98 Å². The fourth-order valence-corrected chi connectivity index (χ4v) is 6.45. The van der Waals surface area contributed by atoms with Gasteiger partial charge in [0.2, 0.25) is 6.29 Å². The lowest BCUT2D eigenvalue weighted by molar-refractivity contribution is -0.320. The van der Waals surface area contributed by atoms with Crippen molar-refractivity contribution in [3.8, 4) is 0 Å². The van der Waals surface area contributed by atoms with Crippen LogP contribution < -0.4 is 0 Å². The molecule has 2 heterocycles. The van der Waals surface area contributed by atoms with E-state index in [4.69, 9.17) is 28.4 Å². The number of nitrogens with one attached hydrogen (secondary N) is 1. The molecule has 5 atom stereocenters. The predicted octanol–water partition coefficient (Wildman–Crippen LogP) is 7.95. The second-order valence-electron chi connectivity index (χ2n) is 12.9. The lowest BCUT2D eigenvalue weighted by Crippen LogP contribution is -2.62. The van der Waals surface area contributed by atoms with Crippen LogP contribution in [0.2, 0.25) is 0 Å². The van der Waals surface area contributed by atoms with Crippen molar-refractivity contribution in [2.45, 2.75) is 63.6 Å². The highest BCUT2D eigenvalue weighted by Crippen LogP contribution is 2.32. The molecule has 0 saturated carbocycles. The summed E-state index contributed by atoms with van der Waals surface area (Å²) in [5.41, 5.74) is 5.77. The fourth-order valence-electron chi connectivity index (χ4n) is 6.45. The van der Waals surface area contributed by atoms with Gasteiger partial charge >= 0.3 is 5.97 Å². The first kappa shape index (κ1) is 35.3. The van der Waals surface area contributed by atoms with E-state index in [0.717, 1.165) is 38.7 Å². The summed E-state index contributed by atoms with van der Waals surface area (Å²) >= 11 is 0. The largest absolute Gasteiger partial charge is 0.432 e.